The van der Waals surface area contributed by atoms with Crippen molar-refractivity contribution in [1.82, 2.24) is 0 Å². The Morgan fingerprint density at radius 3 is 2.43 bits per heavy atom. The summed E-state index contributed by atoms with van der Waals surface area (Å²) < 4.78 is 9.93. The zero-order valence-corrected chi connectivity index (χ0v) is 9.71. The van der Waals surface area contributed by atoms with Gasteiger partial charge < -0.3 is 9.47 Å². The summed E-state index contributed by atoms with van der Waals surface area (Å²) in [4.78, 5) is 11.1. The van der Waals surface area contributed by atoms with Crippen molar-refractivity contribution in [2.75, 3.05) is 6.61 Å². The van der Waals surface area contributed by atoms with Crippen LogP contribution in [0.25, 0.3) is 0 Å². The molecule has 84 valence electrons. The molecule has 0 aromatic rings. The molecule has 0 aromatic carbocycles. The highest BCUT2D eigenvalue weighted by Crippen LogP contribution is 2.05. The minimum Gasteiger partial charge on any atom is -0.434 e. The lowest BCUT2D eigenvalue weighted by atomic mass is 10.2. The predicted molar refractivity (Wildman–Crippen MR) is 56.3 cm³/mol. The Morgan fingerprint density at radius 1 is 1.29 bits per heavy atom. The van der Waals surface area contributed by atoms with Gasteiger partial charge in [-0.1, -0.05) is 33.6 Å². The summed E-state index contributed by atoms with van der Waals surface area (Å²) in [6.45, 7) is 8.43. The second kappa shape index (κ2) is 7.65. The van der Waals surface area contributed by atoms with E-state index < -0.39 is 6.16 Å². The second-order valence-corrected chi connectivity index (χ2v) is 4.03. The summed E-state index contributed by atoms with van der Waals surface area (Å²) in [5, 5.41) is 0. The number of hydrogen-bond donors (Lipinski definition) is 0. The van der Waals surface area contributed by atoms with Gasteiger partial charge in [-0.05, 0) is 19.3 Å². The van der Waals surface area contributed by atoms with Crippen molar-refractivity contribution < 1.29 is 14.3 Å². The molecule has 0 aliphatic carbocycles. The zero-order chi connectivity index (χ0) is 11.0. The van der Waals surface area contributed by atoms with E-state index in [0.29, 0.717) is 12.5 Å². The molecule has 3 nitrogen and oxygen atoms in total. The van der Waals surface area contributed by atoms with Crippen LogP contribution in [0, 0.1) is 5.92 Å². The Balaban J connectivity index is 3.50. The van der Waals surface area contributed by atoms with E-state index in [1.165, 1.54) is 0 Å². The third-order valence-corrected chi connectivity index (χ3v) is 1.80. The van der Waals surface area contributed by atoms with Crippen molar-refractivity contribution in [1.29, 1.82) is 0 Å². The number of ether oxygens (including phenoxy) is 2. The lowest BCUT2D eigenvalue weighted by Gasteiger charge is -2.13. The summed E-state index contributed by atoms with van der Waals surface area (Å²) in [7, 11) is 0. The summed E-state index contributed by atoms with van der Waals surface area (Å²) in [5.41, 5.74) is 0. The Morgan fingerprint density at radius 2 is 1.93 bits per heavy atom. The Kier molecular flexibility index (Phi) is 7.25. The maximum Gasteiger partial charge on any atom is 0.508 e. The first kappa shape index (κ1) is 13.3. The highest BCUT2D eigenvalue weighted by molar-refractivity contribution is 5.60. The molecule has 0 radical (unpaired) electrons. The first-order chi connectivity index (χ1) is 6.56. The fourth-order valence-electron chi connectivity index (χ4n) is 0.984. The number of carbonyl (C=O) groups is 1. The molecule has 0 saturated heterocycles. The molecule has 0 heterocycles. The summed E-state index contributed by atoms with van der Waals surface area (Å²) in [6, 6.07) is 0. The standard InChI is InChI=1S/C11H22O3/c1-5-6-7-10(4)14-11(12)13-8-9(2)3/h9-10H,5-8H2,1-4H3. The lowest BCUT2D eigenvalue weighted by Crippen LogP contribution is -2.17. The Labute approximate surface area is 86.8 Å². The van der Waals surface area contributed by atoms with Crippen LogP contribution >= 0.6 is 0 Å². The van der Waals surface area contributed by atoms with Crippen LogP contribution in [0.3, 0.4) is 0 Å². The fourth-order valence-corrected chi connectivity index (χ4v) is 0.984. The van der Waals surface area contributed by atoms with Gasteiger partial charge in [-0.2, -0.15) is 0 Å². The third kappa shape index (κ3) is 7.90. The van der Waals surface area contributed by atoms with Crippen molar-refractivity contribution in [3.05, 3.63) is 0 Å². The van der Waals surface area contributed by atoms with Gasteiger partial charge >= 0.3 is 6.16 Å². The van der Waals surface area contributed by atoms with Crippen molar-refractivity contribution in [2.45, 2.75) is 53.1 Å². The van der Waals surface area contributed by atoms with Crippen molar-refractivity contribution >= 4 is 6.16 Å². The average Bonchev–Trinajstić information content (AvgIpc) is 2.11. The molecule has 0 amide bonds. The largest absolute Gasteiger partial charge is 0.508 e. The van der Waals surface area contributed by atoms with Gasteiger partial charge in [-0.25, -0.2) is 4.79 Å². The molecule has 0 aromatic heterocycles. The number of carbonyl (C=O) groups excluding carboxylic acids is 1. The van der Waals surface area contributed by atoms with Gasteiger partial charge in [0, 0.05) is 0 Å². The number of rotatable bonds is 6. The maximum absolute atomic E-state index is 11.1. The molecule has 0 bridgehead atoms. The van der Waals surface area contributed by atoms with Crippen LogP contribution in [-0.2, 0) is 9.47 Å². The molecule has 1 atom stereocenters. The normalized spacial score (nSPS) is 12.6. The van der Waals surface area contributed by atoms with Gasteiger partial charge in [0.25, 0.3) is 0 Å². The minimum atomic E-state index is -0.540. The SMILES string of the molecule is CCCCC(C)OC(=O)OCC(C)C. The molecule has 0 saturated carbocycles. The van der Waals surface area contributed by atoms with Gasteiger partial charge in [-0.3, -0.25) is 0 Å². The van der Waals surface area contributed by atoms with E-state index >= 15 is 0 Å². The first-order valence-corrected chi connectivity index (χ1v) is 5.39. The smallest absolute Gasteiger partial charge is 0.434 e. The topological polar surface area (TPSA) is 35.5 Å². The van der Waals surface area contributed by atoms with Gasteiger partial charge in [-0.15, -0.1) is 0 Å². The van der Waals surface area contributed by atoms with E-state index in [9.17, 15) is 4.79 Å². The summed E-state index contributed by atoms with van der Waals surface area (Å²) >= 11 is 0. The molecule has 0 aliphatic heterocycles. The Bertz CT molecular complexity index is 155. The first-order valence-electron chi connectivity index (χ1n) is 5.39. The van der Waals surface area contributed by atoms with E-state index in [2.05, 4.69) is 6.92 Å². The van der Waals surface area contributed by atoms with Crippen LogP contribution in [0.2, 0.25) is 0 Å². The number of hydrogen-bond acceptors (Lipinski definition) is 3. The van der Waals surface area contributed by atoms with E-state index in [1.807, 2.05) is 20.8 Å². The van der Waals surface area contributed by atoms with E-state index in [1.54, 1.807) is 0 Å². The van der Waals surface area contributed by atoms with Crippen LogP contribution < -0.4 is 0 Å². The maximum atomic E-state index is 11.1. The fraction of sp³-hybridized carbons (Fsp3) is 0.909. The van der Waals surface area contributed by atoms with E-state index in [-0.39, 0.29) is 6.10 Å². The van der Waals surface area contributed by atoms with Crippen LogP contribution in [-0.4, -0.2) is 18.9 Å². The zero-order valence-electron chi connectivity index (χ0n) is 9.71. The molecule has 0 N–H and O–H groups in total. The van der Waals surface area contributed by atoms with Crippen LogP contribution in [0.15, 0.2) is 0 Å². The van der Waals surface area contributed by atoms with E-state index in [4.69, 9.17) is 9.47 Å². The quantitative estimate of drug-likeness (QED) is 0.619. The van der Waals surface area contributed by atoms with Gasteiger partial charge in [0.2, 0.25) is 0 Å². The summed E-state index contributed by atoms with van der Waals surface area (Å²) in [5.74, 6) is 0.355. The predicted octanol–water partition coefficient (Wildman–Crippen LogP) is 3.37. The highest BCUT2D eigenvalue weighted by Gasteiger charge is 2.10. The summed E-state index contributed by atoms with van der Waals surface area (Å²) in [6.07, 6.45) is 2.54. The van der Waals surface area contributed by atoms with Crippen LogP contribution in [0.1, 0.15) is 47.0 Å². The average molecular weight is 202 g/mol. The van der Waals surface area contributed by atoms with Crippen LogP contribution in [0.4, 0.5) is 4.79 Å². The minimum absolute atomic E-state index is 0.0328. The molecule has 0 rings (SSSR count). The second-order valence-electron chi connectivity index (χ2n) is 4.03. The molecule has 3 heteroatoms. The molecule has 0 fully saturated rings. The van der Waals surface area contributed by atoms with Crippen molar-refractivity contribution in [3.8, 4) is 0 Å². The van der Waals surface area contributed by atoms with Crippen molar-refractivity contribution in [3.63, 3.8) is 0 Å². The molecule has 1 unspecified atom stereocenters. The van der Waals surface area contributed by atoms with E-state index in [0.717, 1.165) is 19.3 Å². The monoisotopic (exact) mass is 202 g/mol. The number of unbranched alkanes of at least 4 members (excludes halogenated alkanes) is 1. The molecular weight excluding hydrogens is 180 g/mol. The van der Waals surface area contributed by atoms with Gasteiger partial charge in [0.1, 0.15) is 6.10 Å². The molecule has 14 heavy (non-hydrogen) atoms. The van der Waals surface area contributed by atoms with Crippen LogP contribution in [0.5, 0.6) is 0 Å². The molecule has 0 aliphatic rings. The highest BCUT2D eigenvalue weighted by atomic mass is 16.7. The molecule has 0 spiro atoms. The molecular formula is C11H22O3. The Hall–Kier alpha value is -0.730. The third-order valence-electron chi connectivity index (χ3n) is 1.80. The van der Waals surface area contributed by atoms with Gasteiger partial charge in [0.05, 0.1) is 6.61 Å². The van der Waals surface area contributed by atoms with Crippen molar-refractivity contribution in [2.24, 2.45) is 5.92 Å². The lowest BCUT2D eigenvalue weighted by molar-refractivity contribution is 0.0202. The van der Waals surface area contributed by atoms with Gasteiger partial charge in [0.15, 0.2) is 0 Å².